The lowest BCUT2D eigenvalue weighted by Crippen LogP contribution is -2.58. The molecule has 0 radical (unpaired) electrons. The lowest BCUT2D eigenvalue weighted by molar-refractivity contribution is -0.190. The fraction of sp³-hybridized carbons (Fsp3) is 0.900. The normalized spacial score (nSPS) is 37.8. The van der Waals surface area contributed by atoms with Crippen LogP contribution >= 0.6 is 0 Å². The third-order valence-corrected chi connectivity index (χ3v) is 6.98. The second-order valence-electron chi connectivity index (χ2n) is 9.84. The summed E-state index contributed by atoms with van der Waals surface area (Å²) in [6.45, 7) is 13.3. The second-order valence-corrected chi connectivity index (χ2v) is 9.84. The Balaban J connectivity index is 1.64. The Kier molecular flexibility index (Phi) is 4.25. The Hall–Kier alpha value is -1.06. The van der Waals surface area contributed by atoms with Crippen LogP contribution in [0, 0.1) is 28.6 Å². The summed E-state index contributed by atoms with van der Waals surface area (Å²) >= 11 is 0. The zero-order valence-corrected chi connectivity index (χ0v) is 16.1. The molecule has 4 nitrogen and oxygen atoms in total. The molecule has 1 saturated heterocycles. The molecule has 0 N–H and O–H groups in total. The van der Waals surface area contributed by atoms with Crippen LogP contribution in [0.1, 0.15) is 67.2 Å². The van der Waals surface area contributed by atoms with Gasteiger partial charge in [0.1, 0.15) is 12.1 Å². The van der Waals surface area contributed by atoms with Gasteiger partial charge in [-0.05, 0) is 48.9 Å². The third kappa shape index (κ3) is 2.76. The van der Waals surface area contributed by atoms with Crippen molar-refractivity contribution >= 4 is 11.9 Å². The largest absolute Gasteiger partial charge is 0.461 e. The molecular formula is C20H33NO3. The van der Waals surface area contributed by atoms with Gasteiger partial charge in [0, 0.05) is 12.0 Å². The molecule has 5 atom stereocenters. The number of ether oxygens (including phenoxy) is 1. The standard InChI is InChI=1S/C20H33NO3/c1-12-14-10-13(20(14,5)6)11-16(12)24-17(22)15-8-7-9-21(15)18(23)19(2,3)4/h12-16H,7-11H2,1-6H3. The Labute approximate surface area is 146 Å². The molecule has 4 aliphatic rings. The molecule has 4 heteroatoms. The van der Waals surface area contributed by atoms with Gasteiger partial charge in [0.2, 0.25) is 5.91 Å². The van der Waals surface area contributed by atoms with Crippen molar-refractivity contribution in [3.8, 4) is 0 Å². The minimum Gasteiger partial charge on any atom is -0.461 e. The summed E-state index contributed by atoms with van der Waals surface area (Å²) in [5.41, 5.74) is -0.0590. The predicted octanol–water partition coefficient (Wildman–Crippen LogP) is 3.64. The Morgan fingerprint density at radius 2 is 1.83 bits per heavy atom. The summed E-state index contributed by atoms with van der Waals surface area (Å²) in [6.07, 6.45) is 3.91. The number of amides is 1. The van der Waals surface area contributed by atoms with Gasteiger partial charge in [-0.15, -0.1) is 0 Å². The Bertz CT molecular complexity index is 533. The average Bonchev–Trinajstić information content (AvgIpc) is 2.96. The summed E-state index contributed by atoms with van der Waals surface area (Å²) in [7, 11) is 0. The van der Waals surface area contributed by atoms with E-state index in [1.54, 1.807) is 4.90 Å². The molecule has 0 aromatic rings. The number of carbonyl (C=O) groups excluding carboxylic acids is 2. The van der Waals surface area contributed by atoms with Crippen molar-refractivity contribution in [1.29, 1.82) is 0 Å². The number of likely N-dealkylation sites (tertiary alicyclic amines) is 1. The lowest BCUT2D eigenvalue weighted by Gasteiger charge is -2.61. The molecule has 1 amide bonds. The summed E-state index contributed by atoms with van der Waals surface area (Å²) in [5, 5.41) is 0. The predicted molar refractivity (Wildman–Crippen MR) is 93.2 cm³/mol. The van der Waals surface area contributed by atoms with E-state index in [0.717, 1.165) is 19.3 Å². The number of hydrogen-bond donors (Lipinski definition) is 0. The number of nitrogens with zero attached hydrogens (tertiary/aromatic N) is 1. The van der Waals surface area contributed by atoms with E-state index in [1.807, 2.05) is 20.8 Å². The van der Waals surface area contributed by atoms with Crippen molar-refractivity contribution in [1.82, 2.24) is 4.90 Å². The first kappa shape index (κ1) is 17.8. The topological polar surface area (TPSA) is 46.6 Å². The fourth-order valence-electron chi connectivity index (χ4n) is 5.17. The van der Waals surface area contributed by atoms with Crippen LogP contribution in [0.4, 0.5) is 0 Å². The van der Waals surface area contributed by atoms with Gasteiger partial charge in [0.25, 0.3) is 0 Å². The molecule has 0 spiro atoms. The summed E-state index contributed by atoms with van der Waals surface area (Å²) in [5.74, 6) is 1.63. The highest BCUT2D eigenvalue weighted by molar-refractivity contribution is 5.88. The SMILES string of the molecule is CC1C(OC(=O)C2CCCN2C(=O)C(C)(C)C)CC2CC1C2(C)C. The van der Waals surface area contributed by atoms with Gasteiger partial charge in [-0.3, -0.25) is 4.79 Å². The zero-order chi connectivity index (χ0) is 17.9. The first-order valence-electron chi connectivity index (χ1n) is 9.55. The Morgan fingerprint density at radius 1 is 1.17 bits per heavy atom. The molecule has 1 aliphatic heterocycles. The maximum absolute atomic E-state index is 12.8. The van der Waals surface area contributed by atoms with Crippen LogP contribution in [0.25, 0.3) is 0 Å². The average molecular weight is 335 g/mol. The molecule has 5 unspecified atom stereocenters. The first-order chi connectivity index (χ1) is 11.0. The van der Waals surface area contributed by atoms with Gasteiger partial charge in [0.05, 0.1) is 0 Å². The minimum atomic E-state index is -0.452. The highest BCUT2D eigenvalue weighted by Crippen LogP contribution is 2.61. The van der Waals surface area contributed by atoms with E-state index in [4.69, 9.17) is 4.74 Å². The number of rotatable bonds is 2. The minimum absolute atomic E-state index is 0.0291. The van der Waals surface area contributed by atoms with Crippen molar-refractivity contribution < 1.29 is 14.3 Å². The molecule has 3 saturated carbocycles. The maximum Gasteiger partial charge on any atom is 0.329 e. The molecule has 4 rings (SSSR count). The lowest BCUT2D eigenvalue weighted by atomic mass is 9.45. The number of fused-ring (bicyclic) bond motifs is 2. The van der Waals surface area contributed by atoms with Gasteiger partial charge in [0.15, 0.2) is 0 Å². The van der Waals surface area contributed by atoms with E-state index in [-0.39, 0.29) is 24.0 Å². The van der Waals surface area contributed by atoms with E-state index >= 15 is 0 Å². The molecule has 136 valence electrons. The molecule has 24 heavy (non-hydrogen) atoms. The first-order valence-corrected chi connectivity index (χ1v) is 9.55. The van der Waals surface area contributed by atoms with Gasteiger partial charge < -0.3 is 9.64 Å². The van der Waals surface area contributed by atoms with Crippen molar-refractivity contribution in [3.63, 3.8) is 0 Å². The molecule has 1 heterocycles. The molecular weight excluding hydrogens is 302 g/mol. The summed E-state index contributed by atoms with van der Waals surface area (Å²) in [4.78, 5) is 27.1. The van der Waals surface area contributed by atoms with Gasteiger partial charge in [-0.25, -0.2) is 4.79 Å². The highest BCUT2D eigenvalue weighted by Gasteiger charge is 2.57. The van der Waals surface area contributed by atoms with Crippen molar-refractivity contribution in [3.05, 3.63) is 0 Å². The summed E-state index contributed by atoms with van der Waals surface area (Å²) in [6, 6.07) is -0.379. The van der Waals surface area contributed by atoms with Crippen LogP contribution in [0.3, 0.4) is 0 Å². The van der Waals surface area contributed by atoms with E-state index in [9.17, 15) is 9.59 Å². The van der Waals surface area contributed by atoms with Crippen molar-refractivity contribution in [2.75, 3.05) is 6.54 Å². The monoisotopic (exact) mass is 335 g/mol. The van der Waals surface area contributed by atoms with Crippen LogP contribution in [-0.2, 0) is 14.3 Å². The van der Waals surface area contributed by atoms with E-state index in [0.29, 0.717) is 29.7 Å². The summed E-state index contributed by atoms with van der Waals surface area (Å²) < 4.78 is 5.94. The van der Waals surface area contributed by atoms with Crippen LogP contribution in [-0.4, -0.2) is 35.5 Å². The second kappa shape index (κ2) is 5.74. The van der Waals surface area contributed by atoms with Crippen LogP contribution in [0.5, 0.6) is 0 Å². The molecule has 4 fully saturated rings. The number of esters is 1. The highest BCUT2D eigenvalue weighted by atomic mass is 16.5. The number of carbonyl (C=O) groups is 2. The maximum atomic E-state index is 12.8. The van der Waals surface area contributed by atoms with Crippen LogP contribution in [0.15, 0.2) is 0 Å². The van der Waals surface area contributed by atoms with Crippen molar-refractivity contribution in [2.45, 2.75) is 79.4 Å². The quantitative estimate of drug-likeness (QED) is 0.724. The van der Waals surface area contributed by atoms with Crippen LogP contribution in [0.2, 0.25) is 0 Å². The smallest absolute Gasteiger partial charge is 0.329 e. The van der Waals surface area contributed by atoms with Gasteiger partial charge in [-0.1, -0.05) is 41.5 Å². The molecule has 0 aromatic heterocycles. The molecule has 3 aliphatic carbocycles. The van der Waals surface area contributed by atoms with Gasteiger partial charge in [-0.2, -0.15) is 0 Å². The van der Waals surface area contributed by atoms with Gasteiger partial charge >= 0.3 is 5.97 Å². The van der Waals surface area contributed by atoms with Crippen LogP contribution < -0.4 is 0 Å². The van der Waals surface area contributed by atoms with E-state index in [2.05, 4.69) is 20.8 Å². The third-order valence-electron chi connectivity index (χ3n) is 6.98. The number of hydrogen-bond acceptors (Lipinski definition) is 3. The molecule has 0 aromatic carbocycles. The zero-order valence-electron chi connectivity index (χ0n) is 16.1. The van der Waals surface area contributed by atoms with E-state index in [1.165, 1.54) is 6.42 Å². The van der Waals surface area contributed by atoms with E-state index < -0.39 is 5.41 Å². The molecule has 2 bridgehead atoms. The van der Waals surface area contributed by atoms with Crippen molar-refractivity contribution in [2.24, 2.45) is 28.6 Å². The Morgan fingerprint density at radius 3 is 2.38 bits per heavy atom. The fourth-order valence-corrected chi connectivity index (χ4v) is 5.17.